The lowest BCUT2D eigenvalue weighted by molar-refractivity contribution is -0.00179. The molecule has 0 radical (unpaired) electrons. The second-order valence-corrected chi connectivity index (χ2v) is 4.28. The van der Waals surface area contributed by atoms with Gasteiger partial charge in [0.25, 0.3) is 0 Å². The van der Waals surface area contributed by atoms with Crippen molar-refractivity contribution < 1.29 is 10.2 Å². The maximum atomic E-state index is 9.94. The lowest BCUT2D eigenvalue weighted by Gasteiger charge is -2.32. The van der Waals surface area contributed by atoms with Crippen LogP contribution in [-0.2, 0) is 0 Å². The minimum absolute atomic E-state index is 0.247. The molecule has 0 saturated carbocycles. The summed E-state index contributed by atoms with van der Waals surface area (Å²) in [5.74, 6) is -0.247. The molecule has 0 bridgehead atoms. The summed E-state index contributed by atoms with van der Waals surface area (Å²) in [5, 5.41) is 19.6. The highest BCUT2D eigenvalue weighted by Crippen LogP contribution is 2.30. The van der Waals surface area contributed by atoms with Crippen molar-refractivity contribution in [1.29, 1.82) is 0 Å². The van der Waals surface area contributed by atoms with E-state index in [1.807, 2.05) is 30.3 Å². The van der Waals surface area contributed by atoms with E-state index in [1.165, 1.54) is 0 Å². The fourth-order valence-electron chi connectivity index (χ4n) is 1.94. The van der Waals surface area contributed by atoms with Crippen molar-refractivity contribution in [2.75, 3.05) is 0 Å². The topological polar surface area (TPSA) is 40.5 Å². The van der Waals surface area contributed by atoms with Gasteiger partial charge in [-0.3, -0.25) is 0 Å². The van der Waals surface area contributed by atoms with Gasteiger partial charge in [-0.2, -0.15) is 0 Å². The molecule has 0 aliphatic carbocycles. The Morgan fingerprint density at radius 2 is 1.64 bits per heavy atom. The molecular formula is C12H18O2. The fourth-order valence-corrected chi connectivity index (χ4v) is 1.94. The molecule has 2 atom stereocenters. The average Bonchev–Trinajstić information content (AvgIpc) is 2.02. The van der Waals surface area contributed by atoms with E-state index in [0.29, 0.717) is 0 Å². The highest BCUT2D eigenvalue weighted by molar-refractivity contribution is 5.23. The molecule has 0 fully saturated rings. The van der Waals surface area contributed by atoms with E-state index in [1.54, 1.807) is 20.8 Å². The third kappa shape index (κ3) is 2.56. The van der Waals surface area contributed by atoms with Crippen LogP contribution in [0.4, 0.5) is 0 Å². The maximum absolute atomic E-state index is 9.94. The molecule has 78 valence electrons. The minimum Gasteiger partial charge on any atom is -0.393 e. The van der Waals surface area contributed by atoms with Crippen molar-refractivity contribution in [3.05, 3.63) is 35.9 Å². The second kappa shape index (κ2) is 4.11. The van der Waals surface area contributed by atoms with Gasteiger partial charge in [-0.05, 0) is 26.3 Å². The first-order chi connectivity index (χ1) is 6.43. The number of benzene rings is 1. The van der Waals surface area contributed by atoms with Gasteiger partial charge in [0.05, 0.1) is 11.7 Å². The van der Waals surface area contributed by atoms with Crippen molar-refractivity contribution in [1.82, 2.24) is 0 Å². The molecule has 1 aromatic carbocycles. The van der Waals surface area contributed by atoms with Gasteiger partial charge in [-0.1, -0.05) is 30.3 Å². The van der Waals surface area contributed by atoms with Gasteiger partial charge < -0.3 is 10.2 Å². The number of hydrogen-bond acceptors (Lipinski definition) is 2. The predicted molar refractivity (Wildman–Crippen MR) is 57.2 cm³/mol. The van der Waals surface area contributed by atoms with Crippen LogP contribution >= 0.6 is 0 Å². The number of aliphatic hydroxyl groups excluding tert-OH is 1. The molecular weight excluding hydrogens is 176 g/mol. The van der Waals surface area contributed by atoms with E-state index < -0.39 is 11.7 Å². The molecule has 0 unspecified atom stereocenters. The summed E-state index contributed by atoms with van der Waals surface area (Å²) < 4.78 is 0. The minimum atomic E-state index is -0.907. The van der Waals surface area contributed by atoms with Crippen LogP contribution < -0.4 is 0 Å². The SMILES string of the molecule is C[C@@H](O)[C@H](c1ccccc1)C(C)(C)O. The van der Waals surface area contributed by atoms with E-state index in [9.17, 15) is 10.2 Å². The zero-order valence-electron chi connectivity index (χ0n) is 8.94. The van der Waals surface area contributed by atoms with Crippen LogP contribution in [0.3, 0.4) is 0 Å². The summed E-state index contributed by atoms with van der Waals surface area (Å²) in [6, 6.07) is 9.60. The Bertz CT molecular complexity index is 272. The van der Waals surface area contributed by atoms with Gasteiger partial charge in [0.1, 0.15) is 0 Å². The van der Waals surface area contributed by atoms with Crippen molar-refractivity contribution in [2.24, 2.45) is 0 Å². The van der Waals surface area contributed by atoms with Gasteiger partial charge >= 0.3 is 0 Å². The second-order valence-electron chi connectivity index (χ2n) is 4.28. The quantitative estimate of drug-likeness (QED) is 0.771. The highest BCUT2D eigenvalue weighted by Gasteiger charge is 2.31. The highest BCUT2D eigenvalue weighted by atomic mass is 16.3. The Morgan fingerprint density at radius 3 is 2.00 bits per heavy atom. The molecule has 1 rings (SSSR count). The van der Waals surface area contributed by atoms with E-state index in [4.69, 9.17) is 0 Å². The summed E-state index contributed by atoms with van der Waals surface area (Å²) in [6.45, 7) is 5.14. The zero-order chi connectivity index (χ0) is 10.8. The maximum Gasteiger partial charge on any atom is 0.0684 e. The number of hydrogen-bond donors (Lipinski definition) is 2. The van der Waals surface area contributed by atoms with Crippen LogP contribution in [0.1, 0.15) is 32.3 Å². The molecule has 0 saturated heterocycles. The molecule has 1 aromatic rings. The van der Waals surface area contributed by atoms with Gasteiger partial charge in [0.15, 0.2) is 0 Å². The Kier molecular flexibility index (Phi) is 3.29. The number of rotatable bonds is 3. The summed E-state index contributed by atoms with van der Waals surface area (Å²) in [5.41, 5.74) is 0.0604. The van der Waals surface area contributed by atoms with Crippen molar-refractivity contribution in [3.8, 4) is 0 Å². The molecule has 0 heterocycles. The fraction of sp³-hybridized carbons (Fsp3) is 0.500. The Hall–Kier alpha value is -0.860. The third-order valence-electron chi connectivity index (χ3n) is 2.40. The van der Waals surface area contributed by atoms with Crippen LogP contribution in [0.15, 0.2) is 30.3 Å². The van der Waals surface area contributed by atoms with Crippen LogP contribution in [0.2, 0.25) is 0 Å². The lowest BCUT2D eigenvalue weighted by Crippen LogP contribution is -2.35. The van der Waals surface area contributed by atoms with E-state index in [2.05, 4.69) is 0 Å². The molecule has 14 heavy (non-hydrogen) atoms. The monoisotopic (exact) mass is 194 g/mol. The van der Waals surface area contributed by atoms with Gasteiger partial charge in [0.2, 0.25) is 0 Å². The molecule has 2 nitrogen and oxygen atoms in total. The smallest absolute Gasteiger partial charge is 0.0684 e. The van der Waals surface area contributed by atoms with Crippen LogP contribution in [-0.4, -0.2) is 21.9 Å². The molecule has 0 aliphatic rings. The molecule has 0 spiro atoms. The van der Waals surface area contributed by atoms with Gasteiger partial charge in [-0.15, -0.1) is 0 Å². The third-order valence-corrected chi connectivity index (χ3v) is 2.40. The summed E-state index contributed by atoms with van der Waals surface area (Å²) >= 11 is 0. The Balaban J connectivity index is 3.02. The molecule has 2 N–H and O–H groups in total. The largest absolute Gasteiger partial charge is 0.393 e. The Morgan fingerprint density at radius 1 is 1.14 bits per heavy atom. The Labute approximate surface area is 85.2 Å². The lowest BCUT2D eigenvalue weighted by atomic mass is 9.81. The van der Waals surface area contributed by atoms with Gasteiger partial charge in [0, 0.05) is 5.92 Å². The van der Waals surface area contributed by atoms with E-state index in [0.717, 1.165) is 5.56 Å². The normalized spacial score (nSPS) is 16.4. The summed E-state index contributed by atoms with van der Waals surface area (Å²) in [6.07, 6.45) is -0.558. The summed E-state index contributed by atoms with van der Waals surface area (Å²) in [4.78, 5) is 0. The first kappa shape index (κ1) is 11.2. The summed E-state index contributed by atoms with van der Waals surface area (Å²) in [7, 11) is 0. The van der Waals surface area contributed by atoms with Crippen LogP contribution in [0.25, 0.3) is 0 Å². The average molecular weight is 194 g/mol. The van der Waals surface area contributed by atoms with Crippen molar-refractivity contribution >= 4 is 0 Å². The van der Waals surface area contributed by atoms with Gasteiger partial charge in [-0.25, -0.2) is 0 Å². The molecule has 0 amide bonds. The van der Waals surface area contributed by atoms with E-state index >= 15 is 0 Å². The first-order valence-electron chi connectivity index (χ1n) is 4.88. The number of aliphatic hydroxyl groups is 2. The molecule has 2 heteroatoms. The standard InChI is InChI=1S/C12H18O2/c1-9(13)11(12(2,3)14)10-7-5-4-6-8-10/h4-9,11,13-14H,1-3H3/t9-,11-/m1/s1. The van der Waals surface area contributed by atoms with Crippen LogP contribution in [0.5, 0.6) is 0 Å². The zero-order valence-corrected chi connectivity index (χ0v) is 8.94. The van der Waals surface area contributed by atoms with E-state index in [-0.39, 0.29) is 5.92 Å². The van der Waals surface area contributed by atoms with Crippen molar-refractivity contribution in [3.63, 3.8) is 0 Å². The van der Waals surface area contributed by atoms with Crippen LogP contribution in [0, 0.1) is 0 Å². The predicted octanol–water partition coefficient (Wildman–Crippen LogP) is 1.92. The first-order valence-corrected chi connectivity index (χ1v) is 4.88. The molecule has 0 aromatic heterocycles. The van der Waals surface area contributed by atoms with Crippen molar-refractivity contribution in [2.45, 2.75) is 38.4 Å². The molecule has 0 aliphatic heterocycles.